The largest absolute Gasteiger partial charge is 0.490 e. The standard InChI is InChI=1S/C47H55ClFN3O10/c1-3-24-58-37-19-20-42-40(28-37)44-38(10-6-8-23-54)34(9-5-7-22-53)27-39-41(50-61-31-33-13-17-36(18-14-33)52(56)57)29-43(47(62-42,45(39)44)60-25-4-2)51(46(55)59-26-21-48)30-32-11-15-35(49)16-12-32/h3-4,11-20,27-28,34,38,43-45,53-54H,1-2,5-10,21-26,29-31H2. The zero-order valence-corrected chi connectivity index (χ0v) is 35.5. The zero-order valence-electron chi connectivity index (χ0n) is 34.7. The molecule has 2 aliphatic carbocycles. The molecule has 0 saturated heterocycles. The second-order valence-electron chi connectivity index (χ2n) is 15.6. The van der Waals surface area contributed by atoms with Crippen molar-refractivity contribution in [3.8, 4) is 11.5 Å². The number of rotatable bonds is 23. The van der Waals surface area contributed by atoms with E-state index in [2.05, 4.69) is 19.2 Å². The number of non-ortho nitro benzene ring substituents is 1. The van der Waals surface area contributed by atoms with Gasteiger partial charge in [-0.25, -0.2) is 9.18 Å². The molecule has 0 radical (unpaired) electrons. The summed E-state index contributed by atoms with van der Waals surface area (Å²) >= 11 is 6.05. The number of nitro benzene ring substituents is 1. The van der Waals surface area contributed by atoms with Gasteiger partial charge in [0.2, 0.25) is 5.79 Å². The Labute approximate surface area is 366 Å². The van der Waals surface area contributed by atoms with E-state index < -0.39 is 34.6 Å². The molecule has 6 unspecified atom stereocenters. The van der Waals surface area contributed by atoms with Crippen molar-refractivity contribution < 1.29 is 48.1 Å². The number of fused-ring (bicyclic) bond motifs is 2. The van der Waals surface area contributed by atoms with Crippen molar-refractivity contribution in [1.29, 1.82) is 0 Å². The Balaban J connectivity index is 1.59. The Kier molecular flexibility index (Phi) is 16.5. The van der Waals surface area contributed by atoms with Crippen LogP contribution in [0.3, 0.4) is 0 Å². The van der Waals surface area contributed by atoms with Gasteiger partial charge in [0.1, 0.15) is 43.2 Å². The van der Waals surface area contributed by atoms with Crippen LogP contribution in [0.2, 0.25) is 0 Å². The topological polar surface area (TPSA) is 162 Å². The first-order valence-electron chi connectivity index (χ1n) is 21.1. The first kappa shape index (κ1) is 46.2. The first-order valence-corrected chi connectivity index (χ1v) is 21.6. The molecule has 332 valence electrons. The van der Waals surface area contributed by atoms with Gasteiger partial charge in [-0.1, -0.05) is 54.9 Å². The van der Waals surface area contributed by atoms with Crippen LogP contribution < -0.4 is 9.47 Å². The first-order chi connectivity index (χ1) is 30.2. The lowest BCUT2D eigenvalue weighted by molar-refractivity contribution is -0.384. The third kappa shape index (κ3) is 10.7. The molecular weight excluding hydrogens is 821 g/mol. The van der Waals surface area contributed by atoms with E-state index in [1.54, 1.807) is 36.4 Å². The Morgan fingerprint density at radius 2 is 1.71 bits per heavy atom. The van der Waals surface area contributed by atoms with Crippen molar-refractivity contribution in [2.75, 3.05) is 38.9 Å². The van der Waals surface area contributed by atoms with Crippen LogP contribution in [-0.2, 0) is 27.5 Å². The van der Waals surface area contributed by atoms with Crippen LogP contribution in [0.25, 0.3) is 0 Å². The molecule has 0 aromatic heterocycles. The van der Waals surface area contributed by atoms with Crippen LogP contribution in [0.1, 0.15) is 67.6 Å². The summed E-state index contributed by atoms with van der Waals surface area (Å²) in [7, 11) is 0. The highest BCUT2D eigenvalue weighted by Crippen LogP contribution is 2.62. The third-order valence-electron chi connectivity index (χ3n) is 11.7. The monoisotopic (exact) mass is 875 g/mol. The number of alkyl halides is 1. The highest BCUT2D eigenvalue weighted by Gasteiger charge is 2.65. The number of hydrogen-bond acceptors (Lipinski definition) is 11. The lowest BCUT2D eigenvalue weighted by Crippen LogP contribution is -2.70. The molecule has 1 aliphatic heterocycles. The molecule has 0 spiro atoms. The average Bonchev–Trinajstić information content (AvgIpc) is 3.28. The fourth-order valence-corrected chi connectivity index (χ4v) is 9.17. The Morgan fingerprint density at radius 1 is 1.00 bits per heavy atom. The molecule has 1 fully saturated rings. The van der Waals surface area contributed by atoms with Crippen LogP contribution in [0.5, 0.6) is 11.5 Å². The van der Waals surface area contributed by atoms with E-state index in [9.17, 15) is 29.5 Å². The Hall–Kier alpha value is -5.28. The van der Waals surface area contributed by atoms with E-state index >= 15 is 0 Å². The van der Waals surface area contributed by atoms with Crippen LogP contribution in [0.4, 0.5) is 14.9 Å². The lowest BCUT2D eigenvalue weighted by Gasteiger charge is -2.59. The number of halogens is 2. The van der Waals surface area contributed by atoms with Gasteiger partial charge >= 0.3 is 6.09 Å². The third-order valence-corrected chi connectivity index (χ3v) is 11.9. The summed E-state index contributed by atoms with van der Waals surface area (Å²) in [6.45, 7) is 8.11. The van der Waals surface area contributed by atoms with Gasteiger partial charge in [0.15, 0.2) is 0 Å². The van der Waals surface area contributed by atoms with E-state index in [0.29, 0.717) is 41.2 Å². The quantitative estimate of drug-likeness (QED) is 0.0309. The minimum atomic E-state index is -1.58. The number of carbonyl (C=O) groups is 1. The summed E-state index contributed by atoms with van der Waals surface area (Å²) < 4.78 is 40.3. The fraction of sp³-hybridized carbons (Fsp3) is 0.447. The van der Waals surface area contributed by atoms with Crippen molar-refractivity contribution in [3.63, 3.8) is 0 Å². The van der Waals surface area contributed by atoms with Crippen LogP contribution in [0, 0.1) is 33.7 Å². The number of hydrogen-bond donors (Lipinski definition) is 2. The van der Waals surface area contributed by atoms with Crippen LogP contribution in [0.15, 0.2) is 109 Å². The number of aliphatic hydroxyl groups excluding tert-OH is 2. The van der Waals surface area contributed by atoms with Gasteiger partial charge in [-0.3, -0.25) is 15.0 Å². The van der Waals surface area contributed by atoms with Gasteiger partial charge in [0.05, 0.1) is 29.0 Å². The molecule has 15 heteroatoms. The van der Waals surface area contributed by atoms with E-state index in [0.717, 1.165) is 36.8 Å². The van der Waals surface area contributed by atoms with Crippen molar-refractivity contribution in [1.82, 2.24) is 4.90 Å². The second kappa shape index (κ2) is 22.2. The van der Waals surface area contributed by atoms with Crippen molar-refractivity contribution in [3.05, 3.63) is 136 Å². The van der Waals surface area contributed by atoms with Gasteiger partial charge in [-0.05, 0) is 96.7 Å². The SMILES string of the molecule is C=CCOc1ccc2c(c1)C1C(CCCCO)C(CCCCO)C=C3C(=NOCc4ccc([N+](=O)[O-])cc4)CC(N(Cc4ccc(F)cc4)C(=O)OCCCl)C(OCC=C)(O2)C31. The lowest BCUT2D eigenvalue weighted by atomic mass is 9.55. The Bertz CT molecular complexity index is 2070. The van der Waals surface area contributed by atoms with Crippen LogP contribution >= 0.6 is 11.6 Å². The van der Waals surface area contributed by atoms with E-state index in [4.69, 9.17) is 40.5 Å². The number of benzene rings is 3. The number of unbranched alkanes of at least 4 members (excludes halogenated alkanes) is 2. The molecule has 1 amide bonds. The zero-order chi connectivity index (χ0) is 44.1. The summed E-state index contributed by atoms with van der Waals surface area (Å²) in [5, 5.41) is 35.9. The highest BCUT2D eigenvalue weighted by molar-refractivity contribution is 6.18. The maximum absolute atomic E-state index is 14.5. The minimum absolute atomic E-state index is 0.00422. The van der Waals surface area contributed by atoms with Gasteiger partial charge in [0, 0.05) is 49.8 Å². The van der Waals surface area contributed by atoms with E-state index in [1.165, 1.54) is 29.2 Å². The number of carbonyl (C=O) groups excluding carboxylic acids is 1. The number of allylic oxidation sites excluding steroid dienone is 1. The normalized spacial score (nSPS) is 22.9. The molecule has 2 N–H and O–H groups in total. The highest BCUT2D eigenvalue weighted by atomic mass is 35.5. The molecule has 3 aromatic carbocycles. The molecule has 6 rings (SSSR count). The number of ether oxygens (including phenoxy) is 4. The van der Waals surface area contributed by atoms with Crippen molar-refractivity contribution in [2.45, 2.75) is 75.8 Å². The fourth-order valence-electron chi connectivity index (χ4n) is 9.09. The van der Waals surface area contributed by atoms with Crippen molar-refractivity contribution in [2.24, 2.45) is 22.9 Å². The minimum Gasteiger partial charge on any atom is -0.490 e. The van der Waals surface area contributed by atoms with Gasteiger partial charge < -0.3 is 34.0 Å². The molecule has 0 bridgehead atoms. The number of nitrogens with zero attached hydrogens (tertiary/aromatic N) is 3. The summed E-state index contributed by atoms with van der Waals surface area (Å²) in [5.74, 6) is -1.79. The summed E-state index contributed by atoms with van der Waals surface area (Å²) in [6, 6.07) is 16.6. The summed E-state index contributed by atoms with van der Waals surface area (Å²) in [6.07, 6.45) is 9.08. The molecule has 3 aliphatic rings. The summed E-state index contributed by atoms with van der Waals surface area (Å²) in [5.41, 5.74) is 3.44. The predicted octanol–water partition coefficient (Wildman–Crippen LogP) is 9.01. The number of aliphatic hydroxyl groups is 2. The average molecular weight is 876 g/mol. The molecule has 62 heavy (non-hydrogen) atoms. The van der Waals surface area contributed by atoms with E-state index in [-0.39, 0.29) is 81.9 Å². The van der Waals surface area contributed by atoms with Gasteiger partial charge in [0.25, 0.3) is 5.69 Å². The number of oxime groups is 1. The molecule has 6 atom stereocenters. The molecular formula is C47H55ClFN3O10. The summed E-state index contributed by atoms with van der Waals surface area (Å²) in [4.78, 5) is 33.0. The van der Waals surface area contributed by atoms with Crippen LogP contribution in [-0.4, -0.2) is 82.6 Å². The molecule has 13 nitrogen and oxygen atoms in total. The number of nitro groups is 1. The van der Waals surface area contributed by atoms with Gasteiger partial charge in [-0.2, -0.15) is 0 Å². The van der Waals surface area contributed by atoms with Gasteiger partial charge in [-0.15, -0.1) is 18.2 Å². The maximum atomic E-state index is 14.5. The van der Waals surface area contributed by atoms with E-state index in [1.807, 2.05) is 18.2 Å². The molecule has 1 saturated carbocycles. The smallest absolute Gasteiger partial charge is 0.410 e. The maximum Gasteiger partial charge on any atom is 0.410 e. The molecule has 1 heterocycles. The van der Waals surface area contributed by atoms with Crippen molar-refractivity contribution >= 4 is 29.1 Å². The second-order valence-corrected chi connectivity index (χ2v) is 16.0. The number of amides is 1. The molecule has 3 aromatic rings. The Morgan fingerprint density at radius 3 is 2.39 bits per heavy atom. The predicted molar refractivity (Wildman–Crippen MR) is 233 cm³/mol.